The lowest BCUT2D eigenvalue weighted by Crippen LogP contribution is -2.51. The van der Waals surface area contributed by atoms with Gasteiger partial charge in [-0.25, -0.2) is 0 Å². The summed E-state index contributed by atoms with van der Waals surface area (Å²) in [6.07, 6.45) is 1.58. The zero-order valence-corrected chi connectivity index (χ0v) is 14.3. The van der Waals surface area contributed by atoms with Gasteiger partial charge >= 0.3 is 0 Å². The highest BCUT2D eigenvalue weighted by atomic mass is 35.5. The fraction of sp³-hybridized carbons (Fsp3) is 0.667. The van der Waals surface area contributed by atoms with Crippen LogP contribution >= 0.6 is 23.7 Å². The number of carbonyl (C=O) groups is 1. The van der Waals surface area contributed by atoms with E-state index in [2.05, 4.69) is 11.4 Å². The highest BCUT2D eigenvalue weighted by Crippen LogP contribution is 2.31. The summed E-state index contributed by atoms with van der Waals surface area (Å²) in [6, 6.07) is 2.07. The standard InChI is InChI=1S/C15H24N2O2S.ClH/c1-3-15(4-2,11-16)14(18)17-6-7-19-13(9-17)12-5-8-20-10-12;/h5,8,10,13H,3-4,6-7,9,11,16H2,1-2H3;1H. The first-order valence-corrected chi connectivity index (χ1v) is 8.24. The number of nitrogens with two attached hydrogens (primary N) is 1. The van der Waals surface area contributed by atoms with Crippen molar-refractivity contribution in [3.63, 3.8) is 0 Å². The van der Waals surface area contributed by atoms with Crippen molar-refractivity contribution >= 4 is 29.7 Å². The molecule has 1 aliphatic heterocycles. The van der Waals surface area contributed by atoms with E-state index in [4.69, 9.17) is 10.5 Å². The van der Waals surface area contributed by atoms with Gasteiger partial charge < -0.3 is 15.4 Å². The predicted molar refractivity (Wildman–Crippen MR) is 88.9 cm³/mol. The number of ether oxygens (including phenoxy) is 1. The molecule has 1 aromatic heterocycles. The van der Waals surface area contributed by atoms with Crippen LogP contribution in [-0.2, 0) is 9.53 Å². The lowest BCUT2D eigenvalue weighted by atomic mass is 9.80. The van der Waals surface area contributed by atoms with Crippen LogP contribution < -0.4 is 5.73 Å². The number of amides is 1. The number of thiophene rings is 1. The molecule has 1 amide bonds. The maximum absolute atomic E-state index is 12.8. The third-order valence-electron chi connectivity index (χ3n) is 4.47. The van der Waals surface area contributed by atoms with E-state index in [0.29, 0.717) is 26.2 Å². The van der Waals surface area contributed by atoms with E-state index in [9.17, 15) is 4.79 Å². The molecule has 1 aliphatic rings. The van der Waals surface area contributed by atoms with Crippen LogP contribution in [-0.4, -0.2) is 37.0 Å². The maximum Gasteiger partial charge on any atom is 0.230 e. The topological polar surface area (TPSA) is 55.6 Å². The zero-order chi connectivity index (χ0) is 14.6. The number of carbonyl (C=O) groups excluding carboxylic acids is 1. The van der Waals surface area contributed by atoms with Crippen LogP contribution in [0, 0.1) is 5.41 Å². The van der Waals surface area contributed by atoms with Gasteiger partial charge in [-0.05, 0) is 35.2 Å². The number of halogens is 1. The SMILES string of the molecule is CCC(CC)(CN)C(=O)N1CCOC(c2ccsc2)C1.Cl. The molecule has 1 aromatic rings. The summed E-state index contributed by atoms with van der Waals surface area (Å²) in [4.78, 5) is 14.8. The molecular formula is C15H25ClN2O2S. The molecule has 1 saturated heterocycles. The fourth-order valence-corrected chi connectivity index (χ4v) is 3.46. The summed E-state index contributed by atoms with van der Waals surface area (Å²) in [6.45, 7) is 6.41. The minimum atomic E-state index is -0.406. The molecule has 0 radical (unpaired) electrons. The van der Waals surface area contributed by atoms with E-state index in [1.807, 2.05) is 24.1 Å². The third-order valence-corrected chi connectivity index (χ3v) is 5.17. The van der Waals surface area contributed by atoms with Crippen molar-refractivity contribution in [2.75, 3.05) is 26.2 Å². The summed E-state index contributed by atoms with van der Waals surface area (Å²) >= 11 is 1.66. The van der Waals surface area contributed by atoms with Crippen molar-refractivity contribution in [3.8, 4) is 0 Å². The van der Waals surface area contributed by atoms with Crippen molar-refractivity contribution in [1.29, 1.82) is 0 Å². The number of hydrogen-bond donors (Lipinski definition) is 1. The van der Waals surface area contributed by atoms with Gasteiger partial charge in [-0.2, -0.15) is 11.3 Å². The predicted octanol–water partition coefficient (Wildman–Crippen LogP) is 2.83. The highest BCUT2D eigenvalue weighted by molar-refractivity contribution is 7.07. The first kappa shape index (κ1) is 18.4. The molecule has 0 spiro atoms. The average molecular weight is 333 g/mol. The Balaban J connectivity index is 0.00000220. The molecule has 1 atom stereocenters. The molecule has 6 heteroatoms. The normalized spacial score (nSPS) is 19.2. The number of nitrogens with zero attached hydrogens (tertiary/aromatic N) is 1. The molecule has 1 fully saturated rings. The van der Waals surface area contributed by atoms with Crippen LogP contribution in [0.1, 0.15) is 38.4 Å². The van der Waals surface area contributed by atoms with Gasteiger partial charge in [-0.3, -0.25) is 4.79 Å². The van der Waals surface area contributed by atoms with E-state index in [1.165, 1.54) is 5.56 Å². The third kappa shape index (κ3) is 3.77. The Bertz CT molecular complexity index is 427. The minimum absolute atomic E-state index is 0. The smallest absolute Gasteiger partial charge is 0.230 e. The average Bonchev–Trinajstić information content (AvgIpc) is 3.04. The van der Waals surface area contributed by atoms with Crippen molar-refractivity contribution < 1.29 is 9.53 Å². The Hall–Kier alpha value is -0.620. The van der Waals surface area contributed by atoms with Gasteiger partial charge in [-0.15, -0.1) is 12.4 Å². The van der Waals surface area contributed by atoms with Crippen molar-refractivity contribution in [3.05, 3.63) is 22.4 Å². The quantitative estimate of drug-likeness (QED) is 0.902. The first-order valence-electron chi connectivity index (χ1n) is 7.30. The van der Waals surface area contributed by atoms with Crippen LogP contribution in [0.3, 0.4) is 0 Å². The molecule has 2 rings (SSSR count). The maximum atomic E-state index is 12.8. The second kappa shape index (κ2) is 8.13. The second-order valence-corrected chi connectivity index (χ2v) is 6.14. The van der Waals surface area contributed by atoms with Gasteiger partial charge in [0.2, 0.25) is 5.91 Å². The highest BCUT2D eigenvalue weighted by Gasteiger charge is 2.38. The monoisotopic (exact) mass is 332 g/mol. The van der Waals surface area contributed by atoms with Crippen LogP contribution in [0.25, 0.3) is 0 Å². The van der Waals surface area contributed by atoms with Crippen LogP contribution in [0.4, 0.5) is 0 Å². The fourth-order valence-electron chi connectivity index (χ4n) is 2.76. The first-order chi connectivity index (χ1) is 9.66. The largest absolute Gasteiger partial charge is 0.370 e. The lowest BCUT2D eigenvalue weighted by Gasteiger charge is -2.39. The summed E-state index contributed by atoms with van der Waals surface area (Å²) < 4.78 is 5.80. The number of rotatable bonds is 5. The second-order valence-electron chi connectivity index (χ2n) is 5.36. The molecule has 0 aliphatic carbocycles. The van der Waals surface area contributed by atoms with Gasteiger partial charge in [0.25, 0.3) is 0 Å². The van der Waals surface area contributed by atoms with Crippen LogP contribution in [0.2, 0.25) is 0 Å². The molecule has 1 unspecified atom stereocenters. The number of morpholine rings is 1. The number of hydrogen-bond acceptors (Lipinski definition) is 4. The molecular weight excluding hydrogens is 308 g/mol. The molecule has 120 valence electrons. The van der Waals surface area contributed by atoms with E-state index >= 15 is 0 Å². The molecule has 2 N–H and O–H groups in total. The van der Waals surface area contributed by atoms with E-state index in [0.717, 1.165) is 12.8 Å². The van der Waals surface area contributed by atoms with E-state index in [-0.39, 0.29) is 24.4 Å². The van der Waals surface area contributed by atoms with Gasteiger partial charge in [0.05, 0.1) is 18.6 Å². The van der Waals surface area contributed by atoms with Crippen molar-refractivity contribution in [2.24, 2.45) is 11.1 Å². The Morgan fingerprint density at radius 3 is 2.76 bits per heavy atom. The van der Waals surface area contributed by atoms with Gasteiger partial charge in [0.1, 0.15) is 6.10 Å². The lowest BCUT2D eigenvalue weighted by molar-refractivity contribution is -0.150. The molecule has 0 bridgehead atoms. The molecule has 0 saturated carbocycles. The minimum Gasteiger partial charge on any atom is -0.370 e. The van der Waals surface area contributed by atoms with Crippen molar-refractivity contribution in [2.45, 2.75) is 32.8 Å². The summed E-state index contributed by atoms with van der Waals surface area (Å²) in [5.41, 5.74) is 6.65. The Morgan fingerprint density at radius 1 is 1.52 bits per heavy atom. The van der Waals surface area contributed by atoms with Crippen molar-refractivity contribution in [1.82, 2.24) is 4.90 Å². The molecule has 4 nitrogen and oxygen atoms in total. The summed E-state index contributed by atoms with van der Waals surface area (Å²) in [5.74, 6) is 0.188. The van der Waals surface area contributed by atoms with Gasteiger partial charge in [0.15, 0.2) is 0 Å². The van der Waals surface area contributed by atoms with Crippen LogP contribution in [0.5, 0.6) is 0 Å². The molecule has 21 heavy (non-hydrogen) atoms. The van der Waals surface area contributed by atoms with Gasteiger partial charge in [-0.1, -0.05) is 13.8 Å². The molecule has 2 heterocycles. The Labute approximate surface area is 137 Å². The Kier molecular flexibility index (Phi) is 7.13. The van der Waals surface area contributed by atoms with Crippen LogP contribution in [0.15, 0.2) is 16.8 Å². The summed E-state index contributed by atoms with van der Waals surface area (Å²) in [5, 5.41) is 4.14. The molecule has 0 aromatic carbocycles. The zero-order valence-electron chi connectivity index (χ0n) is 12.7. The van der Waals surface area contributed by atoms with Gasteiger partial charge in [0, 0.05) is 13.1 Å². The van der Waals surface area contributed by atoms with E-state index < -0.39 is 5.41 Å². The Morgan fingerprint density at radius 2 is 2.24 bits per heavy atom. The summed E-state index contributed by atoms with van der Waals surface area (Å²) in [7, 11) is 0. The van der Waals surface area contributed by atoms with E-state index in [1.54, 1.807) is 11.3 Å².